The number of benzene rings is 2. The molecular weight excluding hydrogens is 257 g/mol. The summed E-state index contributed by atoms with van der Waals surface area (Å²) in [6, 6.07) is 12.1. The first-order chi connectivity index (χ1) is 9.63. The molecule has 2 aromatic carbocycles. The molecule has 0 aliphatic carbocycles. The standard InChI is InChI=1S/C16H18FNO2/c1-3-15(11-4-7-13(20-2)8-5-11)18-12-6-9-16(19)14(17)10-12/h4-10,15,18-19H,3H2,1-2H3. The molecule has 0 saturated heterocycles. The Morgan fingerprint density at radius 1 is 1.20 bits per heavy atom. The molecule has 2 N–H and O–H groups in total. The van der Waals surface area contributed by atoms with Gasteiger partial charge in [-0.1, -0.05) is 19.1 Å². The summed E-state index contributed by atoms with van der Waals surface area (Å²) in [7, 11) is 1.63. The second kappa shape index (κ2) is 6.28. The lowest BCUT2D eigenvalue weighted by atomic mass is 10.0. The molecule has 0 aliphatic rings. The van der Waals surface area contributed by atoms with Crippen molar-refractivity contribution in [3.63, 3.8) is 0 Å². The minimum atomic E-state index is -0.625. The summed E-state index contributed by atoms with van der Waals surface area (Å²) in [6.45, 7) is 2.05. The van der Waals surface area contributed by atoms with Crippen LogP contribution in [0, 0.1) is 5.82 Å². The van der Waals surface area contributed by atoms with Crippen molar-refractivity contribution in [2.45, 2.75) is 19.4 Å². The van der Waals surface area contributed by atoms with Crippen molar-refractivity contribution in [1.29, 1.82) is 0 Å². The highest BCUT2D eigenvalue weighted by molar-refractivity contribution is 5.49. The third-order valence-electron chi connectivity index (χ3n) is 3.21. The minimum Gasteiger partial charge on any atom is -0.505 e. The van der Waals surface area contributed by atoms with Crippen molar-refractivity contribution < 1.29 is 14.2 Å². The maximum atomic E-state index is 13.3. The normalized spacial score (nSPS) is 11.9. The lowest BCUT2D eigenvalue weighted by Gasteiger charge is -2.19. The Labute approximate surface area is 118 Å². The van der Waals surface area contributed by atoms with E-state index in [-0.39, 0.29) is 11.8 Å². The van der Waals surface area contributed by atoms with Gasteiger partial charge in [0, 0.05) is 11.8 Å². The van der Waals surface area contributed by atoms with Gasteiger partial charge in [-0.05, 0) is 36.2 Å². The van der Waals surface area contributed by atoms with E-state index in [4.69, 9.17) is 4.74 Å². The van der Waals surface area contributed by atoms with E-state index in [0.29, 0.717) is 5.69 Å². The Hall–Kier alpha value is -2.23. The van der Waals surface area contributed by atoms with Gasteiger partial charge in [0.2, 0.25) is 0 Å². The molecule has 0 radical (unpaired) electrons. The van der Waals surface area contributed by atoms with Crippen molar-refractivity contribution in [3.05, 3.63) is 53.8 Å². The molecule has 106 valence electrons. The van der Waals surface area contributed by atoms with E-state index >= 15 is 0 Å². The van der Waals surface area contributed by atoms with Gasteiger partial charge < -0.3 is 15.2 Å². The first-order valence-corrected chi connectivity index (χ1v) is 6.53. The Bertz CT molecular complexity index is 569. The Morgan fingerprint density at radius 3 is 2.45 bits per heavy atom. The first-order valence-electron chi connectivity index (χ1n) is 6.53. The van der Waals surface area contributed by atoms with Gasteiger partial charge in [0.15, 0.2) is 11.6 Å². The molecule has 0 aromatic heterocycles. The summed E-state index contributed by atoms with van der Waals surface area (Å²) in [4.78, 5) is 0. The highest BCUT2D eigenvalue weighted by atomic mass is 19.1. The molecule has 2 aromatic rings. The zero-order valence-electron chi connectivity index (χ0n) is 11.6. The fourth-order valence-corrected chi connectivity index (χ4v) is 2.06. The summed E-state index contributed by atoms with van der Waals surface area (Å²) in [5.41, 5.74) is 1.74. The van der Waals surface area contributed by atoms with Gasteiger partial charge in [0.05, 0.1) is 13.2 Å². The van der Waals surface area contributed by atoms with Crippen molar-refractivity contribution in [3.8, 4) is 11.5 Å². The topological polar surface area (TPSA) is 41.5 Å². The van der Waals surface area contributed by atoms with Crippen LogP contribution in [0.2, 0.25) is 0 Å². The predicted octanol–water partition coefficient (Wildman–Crippen LogP) is 4.10. The van der Waals surface area contributed by atoms with E-state index in [0.717, 1.165) is 17.7 Å². The van der Waals surface area contributed by atoms with Crippen LogP contribution >= 0.6 is 0 Å². The number of aromatic hydroxyl groups is 1. The lowest BCUT2D eigenvalue weighted by Crippen LogP contribution is -2.09. The van der Waals surface area contributed by atoms with Crippen LogP contribution in [0.25, 0.3) is 0 Å². The van der Waals surface area contributed by atoms with Crippen LogP contribution in [0.3, 0.4) is 0 Å². The zero-order valence-corrected chi connectivity index (χ0v) is 11.6. The molecule has 0 amide bonds. The number of phenolic OH excluding ortho intramolecular Hbond substituents is 1. The Balaban J connectivity index is 2.16. The van der Waals surface area contributed by atoms with E-state index in [1.54, 1.807) is 13.2 Å². The van der Waals surface area contributed by atoms with Crippen LogP contribution < -0.4 is 10.1 Å². The molecule has 0 bridgehead atoms. The summed E-state index contributed by atoms with van der Waals surface area (Å²) in [5.74, 6) is -0.160. The maximum absolute atomic E-state index is 13.3. The molecule has 0 heterocycles. The van der Waals surface area contributed by atoms with Crippen LogP contribution in [0.4, 0.5) is 10.1 Å². The molecule has 0 saturated carbocycles. The number of methoxy groups -OCH3 is 1. The maximum Gasteiger partial charge on any atom is 0.166 e. The van der Waals surface area contributed by atoms with Gasteiger partial charge in [-0.3, -0.25) is 0 Å². The predicted molar refractivity (Wildman–Crippen MR) is 77.7 cm³/mol. The average Bonchev–Trinajstić information content (AvgIpc) is 2.48. The minimum absolute atomic E-state index is 0.0739. The van der Waals surface area contributed by atoms with Gasteiger partial charge >= 0.3 is 0 Å². The van der Waals surface area contributed by atoms with Crippen LogP contribution in [-0.4, -0.2) is 12.2 Å². The van der Waals surface area contributed by atoms with Crippen LogP contribution in [0.5, 0.6) is 11.5 Å². The molecule has 0 aliphatic heterocycles. The number of halogens is 1. The van der Waals surface area contributed by atoms with E-state index in [9.17, 15) is 9.50 Å². The largest absolute Gasteiger partial charge is 0.505 e. The number of ether oxygens (including phenoxy) is 1. The third kappa shape index (κ3) is 3.20. The van der Waals surface area contributed by atoms with Crippen molar-refractivity contribution in [2.24, 2.45) is 0 Å². The molecule has 0 fully saturated rings. The monoisotopic (exact) mass is 275 g/mol. The van der Waals surface area contributed by atoms with Crippen LogP contribution in [0.1, 0.15) is 24.9 Å². The smallest absolute Gasteiger partial charge is 0.166 e. The first kappa shape index (κ1) is 14.2. The molecule has 3 nitrogen and oxygen atoms in total. The molecule has 1 atom stereocenters. The summed E-state index contributed by atoms with van der Waals surface area (Å²) in [5, 5.41) is 12.5. The summed E-state index contributed by atoms with van der Waals surface area (Å²) in [6.07, 6.45) is 0.856. The second-order valence-corrected chi connectivity index (χ2v) is 4.54. The van der Waals surface area contributed by atoms with Gasteiger partial charge in [-0.25, -0.2) is 4.39 Å². The second-order valence-electron chi connectivity index (χ2n) is 4.54. The molecule has 1 unspecified atom stereocenters. The van der Waals surface area contributed by atoms with E-state index in [2.05, 4.69) is 12.2 Å². The van der Waals surface area contributed by atoms with Gasteiger partial charge in [-0.2, -0.15) is 0 Å². The molecule has 20 heavy (non-hydrogen) atoms. The fraction of sp³-hybridized carbons (Fsp3) is 0.250. The summed E-state index contributed by atoms with van der Waals surface area (Å²) < 4.78 is 18.5. The van der Waals surface area contributed by atoms with Gasteiger partial charge in [0.25, 0.3) is 0 Å². The molecule has 2 rings (SSSR count). The molecule has 4 heteroatoms. The summed E-state index contributed by atoms with van der Waals surface area (Å²) >= 11 is 0. The van der Waals surface area contributed by atoms with Crippen molar-refractivity contribution in [1.82, 2.24) is 0 Å². The number of hydrogen-bond donors (Lipinski definition) is 2. The van der Waals surface area contributed by atoms with E-state index < -0.39 is 5.82 Å². The number of rotatable bonds is 5. The Morgan fingerprint density at radius 2 is 1.90 bits per heavy atom. The van der Waals surface area contributed by atoms with Crippen LogP contribution in [0.15, 0.2) is 42.5 Å². The highest BCUT2D eigenvalue weighted by Crippen LogP contribution is 2.26. The average molecular weight is 275 g/mol. The zero-order chi connectivity index (χ0) is 14.5. The van der Waals surface area contributed by atoms with Crippen molar-refractivity contribution in [2.75, 3.05) is 12.4 Å². The van der Waals surface area contributed by atoms with Gasteiger partial charge in [0.1, 0.15) is 5.75 Å². The molecule has 0 spiro atoms. The number of hydrogen-bond acceptors (Lipinski definition) is 3. The SMILES string of the molecule is CCC(Nc1ccc(O)c(F)c1)c1ccc(OC)cc1. The van der Waals surface area contributed by atoms with E-state index in [1.165, 1.54) is 12.1 Å². The number of anilines is 1. The van der Waals surface area contributed by atoms with E-state index in [1.807, 2.05) is 24.3 Å². The van der Waals surface area contributed by atoms with Gasteiger partial charge in [-0.15, -0.1) is 0 Å². The quantitative estimate of drug-likeness (QED) is 0.807. The lowest BCUT2D eigenvalue weighted by molar-refractivity contribution is 0.414. The highest BCUT2D eigenvalue weighted by Gasteiger charge is 2.10. The number of nitrogens with one attached hydrogen (secondary N) is 1. The molecular formula is C16H18FNO2. The third-order valence-corrected chi connectivity index (χ3v) is 3.21. The van der Waals surface area contributed by atoms with Crippen molar-refractivity contribution >= 4 is 5.69 Å². The Kier molecular flexibility index (Phi) is 4.45. The fourth-order valence-electron chi connectivity index (χ4n) is 2.06. The van der Waals surface area contributed by atoms with Crippen LogP contribution in [-0.2, 0) is 0 Å². The number of phenols is 1.